The smallest absolute Gasteiger partial charge is 0.256 e. The predicted molar refractivity (Wildman–Crippen MR) is 70.7 cm³/mol. The van der Waals surface area contributed by atoms with Crippen LogP contribution in [-0.4, -0.2) is 23.2 Å². The molecule has 0 aliphatic rings. The quantitative estimate of drug-likeness (QED) is 0.864. The van der Waals surface area contributed by atoms with Crippen LogP contribution in [0.25, 0.3) is 0 Å². The minimum absolute atomic E-state index is 0.193. The molecule has 0 aliphatic heterocycles. The van der Waals surface area contributed by atoms with E-state index in [0.717, 1.165) is 11.3 Å². The van der Waals surface area contributed by atoms with E-state index in [1.54, 1.807) is 24.4 Å². The number of hydrogen-bond acceptors (Lipinski definition) is 4. The zero-order chi connectivity index (χ0) is 13.0. The second kappa shape index (κ2) is 5.27. The van der Waals surface area contributed by atoms with Crippen molar-refractivity contribution in [3.63, 3.8) is 0 Å². The zero-order valence-electron chi connectivity index (χ0n) is 10.3. The van der Waals surface area contributed by atoms with Crippen LogP contribution in [0, 0.1) is 6.92 Å². The van der Waals surface area contributed by atoms with Crippen molar-refractivity contribution in [3.05, 3.63) is 47.7 Å². The molecule has 5 heteroatoms. The van der Waals surface area contributed by atoms with Gasteiger partial charge in [0.05, 0.1) is 0 Å². The molecule has 2 N–H and O–H groups in total. The molecule has 5 nitrogen and oxygen atoms in total. The molecular formula is C13H14N4O. The fourth-order valence-corrected chi connectivity index (χ4v) is 1.64. The Morgan fingerprint density at radius 1 is 1.28 bits per heavy atom. The van der Waals surface area contributed by atoms with Crippen molar-refractivity contribution in [2.75, 3.05) is 17.7 Å². The summed E-state index contributed by atoms with van der Waals surface area (Å²) in [6.45, 7) is 1.95. The number of aromatic nitrogens is 2. The number of nitrogens with zero attached hydrogens (tertiary/aromatic N) is 2. The lowest BCUT2D eigenvalue weighted by atomic mass is 10.1. The molecule has 0 spiro atoms. The van der Waals surface area contributed by atoms with E-state index in [0.29, 0.717) is 11.4 Å². The van der Waals surface area contributed by atoms with Gasteiger partial charge in [0, 0.05) is 24.5 Å². The van der Waals surface area contributed by atoms with Gasteiger partial charge in [0.25, 0.3) is 5.91 Å². The Bertz CT molecular complexity index is 554. The lowest BCUT2D eigenvalue weighted by Gasteiger charge is -2.08. The van der Waals surface area contributed by atoms with Gasteiger partial charge in [0.2, 0.25) is 0 Å². The molecule has 0 fully saturated rings. The summed E-state index contributed by atoms with van der Waals surface area (Å²) < 4.78 is 0. The second-order valence-corrected chi connectivity index (χ2v) is 3.84. The Morgan fingerprint density at radius 3 is 2.72 bits per heavy atom. The summed E-state index contributed by atoms with van der Waals surface area (Å²) in [5.41, 5.74) is 2.62. The largest absolute Gasteiger partial charge is 0.388 e. The van der Waals surface area contributed by atoms with Crippen molar-refractivity contribution < 1.29 is 4.79 Å². The van der Waals surface area contributed by atoms with Crippen LogP contribution in [0.15, 0.2) is 36.5 Å². The highest BCUT2D eigenvalue weighted by Crippen LogP contribution is 2.16. The van der Waals surface area contributed by atoms with Gasteiger partial charge in [0.1, 0.15) is 0 Å². The minimum Gasteiger partial charge on any atom is -0.388 e. The molecule has 1 amide bonds. The molecule has 92 valence electrons. The number of rotatable bonds is 3. The molecule has 0 bridgehead atoms. The third-order valence-corrected chi connectivity index (χ3v) is 2.57. The summed E-state index contributed by atoms with van der Waals surface area (Å²) in [6.07, 6.45) is 1.56. The standard InChI is InChI=1S/C13H14N4O/c1-9-8-10(5-6-11(9)14-2)13(18)16-12-4-3-7-15-17-12/h3-8,14H,1-2H3,(H,16,17,18). The van der Waals surface area contributed by atoms with Crippen LogP contribution in [0.5, 0.6) is 0 Å². The first-order chi connectivity index (χ1) is 8.70. The van der Waals surface area contributed by atoms with Crippen molar-refractivity contribution >= 4 is 17.4 Å². The number of nitrogens with one attached hydrogen (secondary N) is 2. The van der Waals surface area contributed by atoms with E-state index in [2.05, 4.69) is 20.8 Å². The SMILES string of the molecule is CNc1ccc(C(=O)Nc2cccnn2)cc1C. The highest BCUT2D eigenvalue weighted by molar-refractivity contribution is 6.04. The number of hydrogen-bond donors (Lipinski definition) is 2. The summed E-state index contributed by atoms with van der Waals surface area (Å²) in [6, 6.07) is 8.89. The molecule has 2 aromatic rings. The Balaban J connectivity index is 2.17. The molecule has 1 heterocycles. The maximum Gasteiger partial charge on any atom is 0.256 e. The van der Waals surface area contributed by atoms with Gasteiger partial charge in [-0.2, -0.15) is 5.10 Å². The summed E-state index contributed by atoms with van der Waals surface area (Å²) in [7, 11) is 1.85. The first kappa shape index (κ1) is 12.0. The minimum atomic E-state index is -0.193. The van der Waals surface area contributed by atoms with E-state index in [1.165, 1.54) is 0 Å². The van der Waals surface area contributed by atoms with Gasteiger partial charge in [-0.25, -0.2) is 0 Å². The van der Waals surface area contributed by atoms with E-state index in [4.69, 9.17) is 0 Å². The van der Waals surface area contributed by atoms with Gasteiger partial charge in [-0.3, -0.25) is 4.79 Å². The van der Waals surface area contributed by atoms with Crippen molar-refractivity contribution in [1.82, 2.24) is 10.2 Å². The molecule has 0 aliphatic carbocycles. The van der Waals surface area contributed by atoms with E-state index < -0.39 is 0 Å². The molecule has 0 saturated carbocycles. The van der Waals surface area contributed by atoms with Gasteiger partial charge < -0.3 is 10.6 Å². The van der Waals surface area contributed by atoms with Crippen molar-refractivity contribution in [1.29, 1.82) is 0 Å². The lowest BCUT2D eigenvalue weighted by molar-refractivity contribution is 0.102. The van der Waals surface area contributed by atoms with Crippen LogP contribution in [-0.2, 0) is 0 Å². The van der Waals surface area contributed by atoms with E-state index in [1.807, 2.05) is 26.1 Å². The maximum absolute atomic E-state index is 12.0. The molecule has 0 unspecified atom stereocenters. The number of aryl methyl sites for hydroxylation is 1. The molecule has 0 saturated heterocycles. The Labute approximate surface area is 105 Å². The van der Waals surface area contributed by atoms with E-state index >= 15 is 0 Å². The number of carbonyl (C=O) groups is 1. The Hall–Kier alpha value is -2.43. The molecular weight excluding hydrogens is 228 g/mol. The summed E-state index contributed by atoms with van der Waals surface area (Å²) >= 11 is 0. The van der Waals surface area contributed by atoms with E-state index in [9.17, 15) is 4.79 Å². The molecule has 1 aromatic heterocycles. The second-order valence-electron chi connectivity index (χ2n) is 3.84. The fourth-order valence-electron chi connectivity index (χ4n) is 1.64. The normalized spacial score (nSPS) is 9.89. The molecule has 0 atom stereocenters. The van der Waals surface area contributed by atoms with Crippen molar-refractivity contribution in [2.24, 2.45) is 0 Å². The molecule has 2 rings (SSSR count). The summed E-state index contributed by atoms with van der Waals surface area (Å²) in [5.74, 6) is 0.249. The van der Waals surface area contributed by atoms with Crippen LogP contribution in [0.4, 0.5) is 11.5 Å². The number of carbonyl (C=O) groups excluding carboxylic acids is 1. The highest BCUT2D eigenvalue weighted by atomic mass is 16.1. The Kier molecular flexibility index (Phi) is 3.52. The first-order valence-corrected chi connectivity index (χ1v) is 5.58. The number of amides is 1. The first-order valence-electron chi connectivity index (χ1n) is 5.58. The topological polar surface area (TPSA) is 66.9 Å². The van der Waals surface area contributed by atoms with Crippen LogP contribution in [0.3, 0.4) is 0 Å². The van der Waals surface area contributed by atoms with Crippen LogP contribution >= 0.6 is 0 Å². The van der Waals surface area contributed by atoms with Gasteiger partial charge in [-0.05, 0) is 42.8 Å². The van der Waals surface area contributed by atoms with Crippen molar-refractivity contribution in [3.8, 4) is 0 Å². The van der Waals surface area contributed by atoms with Gasteiger partial charge >= 0.3 is 0 Å². The zero-order valence-corrected chi connectivity index (χ0v) is 10.3. The average Bonchev–Trinajstić information content (AvgIpc) is 2.39. The third kappa shape index (κ3) is 2.63. The summed E-state index contributed by atoms with van der Waals surface area (Å²) in [4.78, 5) is 12.0. The number of benzene rings is 1. The fraction of sp³-hybridized carbons (Fsp3) is 0.154. The predicted octanol–water partition coefficient (Wildman–Crippen LogP) is 2.08. The van der Waals surface area contributed by atoms with E-state index in [-0.39, 0.29) is 5.91 Å². The van der Waals surface area contributed by atoms with Crippen LogP contribution in [0.2, 0.25) is 0 Å². The number of anilines is 2. The third-order valence-electron chi connectivity index (χ3n) is 2.57. The average molecular weight is 242 g/mol. The molecule has 1 aromatic carbocycles. The van der Waals surface area contributed by atoms with Gasteiger partial charge in [-0.15, -0.1) is 5.10 Å². The van der Waals surface area contributed by atoms with Gasteiger partial charge in [0.15, 0.2) is 5.82 Å². The van der Waals surface area contributed by atoms with Crippen LogP contribution in [0.1, 0.15) is 15.9 Å². The Morgan fingerprint density at radius 2 is 2.11 bits per heavy atom. The molecule has 18 heavy (non-hydrogen) atoms. The lowest BCUT2D eigenvalue weighted by Crippen LogP contribution is -2.13. The molecule has 0 radical (unpaired) electrons. The summed E-state index contributed by atoms with van der Waals surface area (Å²) in [5, 5.41) is 13.3. The van der Waals surface area contributed by atoms with Crippen molar-refractivity contribution in [2.45, 2.75) is 6.92 Å². The highest BCUT2D eigenvalue weighted by Gasteiger charge is 2.08. The van der Waals surface area contributed by atoms with Crippen LogP contribution < -0.4 is 10.6 Å². The monoisotopic (exact) mass is 242 g/mol. The van der Waals surface area contributed by atoms with Gasteiger partial charge in [-0.1, -0.05) is 0 Å². The maximum atomic E-state index is 12.0.